The minimum Gasteiger partial charge on any atom is -0.463 e. The molecule has 0 aliphatic heterocycles. The van der Waals surface area contributed by atoms with Crippen molar-refractivity contribution in [2.24, 2.45) is 0 Å². The van der Waals surface area contributed by atoms with Crippen molar-refractivity contribution in [1.82, 2.24) is 0 Å². The second-order valence-electron chi connectivity index (χ2n) is 6.45. The quantitative estimate of drug-likeness (QED) is 0.207. The van der Waals surface area contributed by atoms with Crippen LogP contribution in [0.25, 0.3) is 0 Å². The molecule has 0 atom stereocenters. The number of carbonyl (C=O) groups is 2. The van der Waals surface area contributed by atoms with E-state index in [-0.39, 0.29) is 0 Å². The van der Waals surface area contributed by atoms with E-state index in [1.165, 1.54) is 76.9 Å². The molecular weight excluding hydrogens is 300 g/mol. The predicted molar refractivity (Wildman–Crippen MR) is 98.3 cm³/mol. The van der Waals surface area contributed by atoms with Gasteiger partial charge in [0.05, 0.1) is 7.11 Å². The van der Waals surface area contributed by atoms with Crippen LogP contribution in [0.2, 0.25) is 0 Å². The number of unbranched alkanes of at least 4 members (excludes halogenated alkanes) is 9. The summed E-state index contributed by atoms with van der Waals surface area (Å²) in [5, 5.41) is 0. The average molecular weight is 332 g/mol. The number of aryl methyl sites for hydroxylation is 1. The first-order chi connectivity index (χ1) is 11.7. The maximum atomic E-state index is 11.7. The second kappa shape index (κ2) is 12.7. The summed E-state index contributed by atoms with van der Waals surface area (Å²) >= 11 is 0. The third-order valence-corrected chi connectivity index (χ3v) is 4.41. The van der Waals surface area contributed by atoms with Crippen LogP contribution in [0.4, 0.5) is 0 Å². The van der Waals surface area contributed by atoms with Gasteiger partial charge < -0.3 is 4.74 Å². The second-order valence-corrected chi connectivity index (χ2v) is 6.45. The maximum absolute atomic E-state index is 11.7. The van der Waals surface area contributed by atoms with Gasteiger partial charge in [0.2, 0.25) is 0 Å². The van der Waals surface area contributed by atoms with Crippen LogP contribution < -0.4 is 0 Å². The van der Waals surface area contributed by atoms with Gasteiger partial charge in [-0.2, -0.15) is 0 Å². The van der Waals surface area contributed by atoms with Crippen molar-refractivity contribution < 1.29 is 14.3 Å². The normalized spacial score (nSPS) is 10.6. The van der Waals surface area contributed by atoms with Gasteiger partial charge in [0.1, 0.15) is 0 Å². The molecule has 0 saturated heterocycles. The highest BCUT2D eigenvalue weighted by Crippen LogP contribution is 2.13. The highest BCUT2D eigenvalue weighted by molar-refractivity contribution is 6.40. The third kappa shape index (κ3) is 8.28. The fourth-order valence-corrected chi connectivity index (χ4v) is 2.85. The van der Waals surface area contributed by atoms with Gasteiger partial charge in [0.15, 0.2) is 0 Å². The summed E-state index contributed by atoms with van der Waals surface area (Å²) in [5.41, 5.74) is 1.62. The predicted octanol–water partition coefficient (Wildman–Crippen LogP) is 5.51. The molecule has 0 bridgehead atoms. The zero-order valence-electron chi connectivity index (χ0n) is 15.3. The molecule has 0 saturated carbocycles. The lowest BCUT2D eigenvalue weighted by molar-refractivity contribution is -0.135. The molecule has 0 radical (unpaired) electrons. The smallest absolute Gasteiger partial charge is 0.379 e. The Labute approximate surface area is 146 Å². The molecule has 1 aromatic carbocycles. The highest BCUT2D eigenvalue weighted by Gasteiger charge is 2.15. The van der Waals surface area contributed by atoms with E-state index >= 15 is 0 Å². The van der Waals surface area contributed by atoms with E-state index in [0.29, 0.717) is 5.56 Å². The van der Waals surface area contributed by atoms with Crippen molar-refractivity contribution in [1.29, 1.82) is 0 Å². The number of hydrogen-bond acceptors (Lipinski definition) is 3. The molecule has 1 aromatic rings. The van der Waals surface area contributed by atoms with Gasteiger partial charge in [0, 0.05) is 5.56 Å². The Balaban J connectivity index is 2.11. The Morgan fingerprint density at radius 3 is 1.79 bits per heavy atom. The molecule has 0 fully saturated rings. The first kappa shape index (κ1) is 20.4. The summed E-state index contributed by atoms with van der Waals surface area (Å²) in [6.45, 7) is 2.25. The van der Waals surface area contributed by atoms with Crippen LogP contribution in [0.5, 0.6) is 0 Å². The fourth-order valence-electron chi connectivity index (χ4n) is 2.85. The van der Waals surface area contributed by atoms with Crippen molar-refractivity contribution in [3.05, 3.63) is 35.4 Å². The molecule has 3 heteroatoms. The molecule has 0 heterocycles. The Kier molecular flexibility index (Phi) is 10.8. The number of rotatable bonds is 13. The van der Waals surface area contributed by atoms with Crippen molar-refractivity contribution in [2.75, 3.05) is 7.11 Å². The minimum absolute atomic E-state index is 0.397. The highest BCUT2D eigenvalue weighted by atomic mass is 16.5. The van der Waals surface area contributed by atoms with E-state index in [0.717, 1.165) is 6.42 Å². The van der Waals surface area contributed by atoms with Crippen molar-refractivity contribution in [3.63, 3.8) is 0 Å². The van der Waals surface area contributed by atoms with Crippen LogP contribution in [-0.2, 0) is 16.0 Å². The minimum atomic E-state index is -0.808. The van der Waals surface area contributed by atoms with E-state index < -0.39 is 11.8 Å². The summed E-state index contributed by atoms with van der Waals surface area (Å²) in [6.07, 6.45) is 14.4. The number of esters is 1. The lowest BCUT2D eigenvalue weighted by Gasteiger charge is -2.04. The van der Waals surface area contributed by atoms with E-state index in [4.69, 9.17) is 0 Å². The summed E-state index contributed by atoms with van der Waals surface area (Å²) in [5.74, 6) is -1.39. The first-order valence-electron chi connectivity index (χ1n) is 9.40. The number of ketones is 1. The van der Waals surface area contributed by atoms with Gasteiger partial charge in [-0.1, -0.05) is 89.0 Å². The van der Waals surface area contributed by atoms with Crippen LogP contribution >= 0.6 is 0 Å². The summed E-state index contributed by atoms with van der Waals surface area (Å²) < 4.78 is 4.45. The Morgan fingerprint density at radius 2 is 1.29 bits per heavy atom. The number of hydrogen-bond donors (Lipinski definition) is 0. The van der Waals surface area contributed by atoms with Gasteiger partial charge in [-0.15, -0.1) is 0 Å². The van der Waals surface area contributed by atoms with Crippen LogP contribution in [0.3, 0.4) is 0 Å². The average Bonchev–Trinajstić information content (AvgIpc) is 2.62. The SMILES string of the molecule is CCCCCCCCCCCCc1ccc(C(=O)C(=O)OC)cc1. The molecule has 0 aliphatic rings. The number of ether oxygens (including phenoxy) is 1. The van der Waals surface area contributed by atoms with Gasteiger partial charge in [0.25, 0.3) is 5.78 Å². The molecule has 1 rings (SSSR count). The zero-order valence-corrected chi connectivity index (χ0v) is 15.3. The van der Waals surface area contributed by atoms with Crippen LogP contribution in [0, 0.1) is 0 Å². The first-order valence-corrected chi connectivity index (χ1v) is 9.40. The maximum Gasteiger partial charge on any atom is 0.379 e. The molecule has 0 N–H and O–H groups in total. The van der Waals surface area contributed by atoms with Gasteiger partial charge >= 0.3 is 5.97 Å². The molecule has 134 valence electrons. The van der Waals surface area contributed by atoms with Gasteiger partial charge in [-0.3, -0.25) is 4.79 Å². The molecule has 0 aliphatic carbocycles. The fraction of sp³-hybridized carbons (Fsp3) is 0.619. The number of carbonyl (C=O) groups excluding carboxylic acids is 2. The molecular formula is C21H32O3. The molecule has 0 spiro atoms. The third-order valence-electron chi connectivity index (χ3n) is 4.41. The molecule has 0 aromatic heterocycles. The van der Waals surface area contributed by atoms with Crippen molar-refractivity contribution in [2.45, 2.75) is 77.6 Å². The summed E-state index contributed by atoms with van der Waals surface area (Å²) in [6, 6.07) is 7.30. The number of benzene rings is 1. The summed E-state index contributed by atoms with van der Waals surface area (Å²) in [4.78, 5) is 22.9. The van der Waals surface area contributed by atoms with E-state index in [1.807, 2.05) is 12.1 Å². The molecule has 3 nitrogen and oxygen atoms in total. The number of methoxy groups -OCH3 is 1. The van der Waals surface area contributed by atoms with E-state index in [2.05, 4.69) is 11.7 Å². The van der Waals surface area contributed by atoms with Crippen LogP contribution in [0.15, 0.2) is 24.3 Å². The Bertz CT molecular complexity index is 476. The lowest BCUT2D eigenvalue weighted by atomic mass is 10.0. The lowest BCUT2D eigenvalue weighted by Crippen LogP contribution is -2.15. The van der Waals surface area contributed by atoms with Crippen LogP contribution in [0.1, 0.15) is 87.1 Å². The standard InChI is InChI=1S/C21H32O3/c1-3-4-5-6-7-8-9-10-11-12-13-18-14-16-19(17-15-18)20(22)21(23)24-2/h14-17H,3-13H2,1-2H3. The number of Topliss-reactive ketones (excluding diaryl/α,β-unsaturated/α-hetero) is 1. The molecule has 24 heavy (non-hydrogen) atoms. The van der Waals surface area contributed by atoms with Crippen molar-refractivity contribution >= 4 is 11.8 Å². The Hall–Kier alpha value is -1.64. The topological polar surface area (TPSA) is 43.4 Å². The largest absolute Gasteiger partial charge is 0.463 e. The van der Waals surface area contributed by atoms with Gasteiger partial charge in [-0.25, -0.2) is 4.79 Å². The molecule has 0 amide bonds. The zero-order chi connectivity index (χ0) is 17.6. The van der Waals surface area contributed by atoms with E-state index in [1.54, 1.807) is 12.1 Å². The van der Waals surface area contributed by atoms with Crippen molar-refractivity contribution in [3.8, 4) is 0 Å². The van der Waals surface area contributed by atoms with E-state index in [9.17, 15) is 9.59 Å². The summed E-state index contributed by atoms with van der Waals surface area (Å²) in [7, 11) is 1.22. The monoisotopic (exact) mass is 332 g/mol. The van der Waals surface area contributed by atoms with Gasteiger partial charge in [-0.05, 0) is 18.4 Å². The van der Waals surface area contributed by atoms with Crippen LogP contribution in [-0.4, -0.2) is 18.9 Å². The Morgan fingerprint density at radius 1 is 0.792 bits per heavy atom. The molecule has 0 unspecified atom stereocenters.